The molecule has 36 heavy (non-hydrogen) atoms. The first-order chi connectivity index (χ1) is 17.3. The third kappa shape index (κ3) is 5.12. The summed E-state index contributed by atoms with van der Waals surface area (Å²) >= 11 is 5.96. The molecule has 5 rings (SSSR count). The molecular formula is C25H28ClN5O4S. The van der Waals surface area contributed by atoms with Crippen molar-refractivity contribution in [3.05, 3.63) is 64.8 Å². The van der Waals surface area contributed by atoms with Crippen LogP contribution < -0.4 is 14.4 Å². The summed E-state index contributed by atoms with van der Waals surface area (Å²) in [4.78, 5) is 14.2. The molecule has 0 radical (unpaired) electrons. The molecule has 0 unspecified atom stereocenters. The van der Waals surface area contributed by atoms with Crippen LogP contribution in [-0.4, -0.2) is 74.5 Å². The van der Waals surface area contributed by atoms with Gasteiger partial charge in [0, 0.05) is 50.7 Å². The number of sulfonamides is 1. The molecule has 1 fully saturated rings. The fraction of sp³-hybridized carbons (Fsp3) is 0.360. The Balaban J connectivity index is 1.49. The fourth-order valence-electron chi connectivity index (χ4n) is 4.30. The Hall–Kier alpha value is -2.92. The van der Waals surface area contributed by atoms with E-state index in [0.29, 0.717) is 46.9 Å². The summed E-state index contributed by atoms with van der Waals surface area (Å²) in [5.41, 5.74) is 1.48. The number of nitrogens with zero attached hydrogens (tertiary/aromatic N) is 5. The van der Waals surface area contributed by atoms with Crippen molar-refractivity contribution < 1.29 is 17.9 Å². The summed E-state index contributed by atoms with van der Waals surface area (Å²) in [6.07, 6.45) is 0.463. The minimum atomic E-state index is -3.73. The first-order valence-corrected chi connectivity index (χ1v) is 13.6. The lowest BCUT2D eigenvalue weighted by Crippen LogP contribution is -2.45. The van der Waals surface area contributed by atoms with Gasteiger partial charge >= 0.3 is 0 Å². The van der Waals surface area contributed by atoms with Crippen LogP contribution in [0.2, 0.25) is 5.02 Å². The summed E-state index contributed by atoms with van der Waals surface area (Å²) in [7, 11) is -0.0237. The van der Waals surface area contributed by atoms with E-state index in [1.165, 1.54) is 16.4 Å². The van der Waals surface area contributed by atoms with Gasteiger partial charge in [0.25, 0.3) is 0 Å². The molecule has 0 N–H and O–H groups in total. The molecule has 3 heterocycles. The van der Waals surface area contributed by atoms with Gasteiger partial charge in [0.05, 0.1) is 23.3 Å². The quantitative estimate of drug-likeness (QED) is 0.480. The Morgan fingerprint density at radius 1 is 0.889 bits per heavy atom. The summed E-state index contributed by atoms with van der Waals surface area (Å²) in [5, 5.41) is 0.484. The van der Waals surface area contributed by atoms with Crippen molar-refractivity contribution in [2.24, 2.45) is 0 Å². The lowest BCUT2D eigenvalue weighted by atomic mass is 10.1. The van der Waals surface area contributed by atoms with E-state index in [9.17, 15) is 8.42 Å². The standard InChI is InChI=1S/C25H28ClN5O4S/c1-29-13-15-30(16-14-29)25-27-23-11-12-31(36(32,33)21-9-3-18(26)4-10-21)17-22(23)24(28-25)35-20-7-5-19(34-2)6-8-20/h3-10H,11-17H2,1-2H3. The topological polar surface area (TPSA) is 88.1 Å². The van der Waals surface area contributed by atoms with Crippen molar-refractivity contribution >= 4 is 27.6 Å². The van der Waals surface area contributed by atoms with Gasteiger partial charge in [-0.3, -0.25) is 0 Å². The molecule has 0 saturated carbocycles. The lowest BCUT2D eigenvalue weighted by molar-refractivity contribution is 0.310. The molecule has 1 saturated heterocycles. The molecular weight excluding hydrogens is 502 g/mol. The first kappa shape index (κ1) is 24.8. The number of rotatable bonds is 6. The van der Waals surface area contributed by atoms with E-state index in [1.807, 2.05) is 12.1 Å². The minimum absolute atomic E-state index is 0.120. The maximum atomic E-state index is 13.4. The molecule has 0 aliphatic carbocycles. The highest BCUT2D eigenvalue weighted by Crippen LogP contribution is 2.34. The SMILES string of the molecule is COc1ccc(Oc2nc(N3CCN(C)CC3)nc3c2CN(S(=O)(=O)c2ccc(Cl)cc2)CC3)cc1. The molecule has 2 aliphatic rings. The average molecular weight is 530 g/mol. The maximum Gasteiger partial charge on any atom is 0.243 e. The van der Waals surface area contributed by atoms with Crippen LogP contribution in [0.4, 0.5) is 5.95 Å². The van der Waals surface area contributed by atoms with Crippen molar-refractivity contribution in [1.29, 1.82) is 0 Å². The number of ether oxygens (including phenoxy) is 2. The number of anilines is 1. The molecule has 2 aliphatic heterocycles. The highest BCUT2D eigenvalue weighted by atomic mass is 35.5. The molecule has 3 aromatic rings. The second-order valence-electron chi connectivity index (χ2n) is 8.86. The van der Waals surface area contributed by atoms with Crippen LogP contribution in [0, 0.1) is 0 Å². The van der Waals surface area contributed by atoms with Gasteiger partial charge in [0.2, 0.25) is 21.9 Å². The molecule has 11 heteroatoms. The summed E-state index contributed by atoms with van der Waals surface area (Å²) in [5.74, 6) is 2.28. The van der Waals surface area contributed by atoms with Crippen molar-refractivity contribution in [2.45, 2.75) is 17.9 Å². The van der Waals surface area contributed by atoms with E-state index in [4.69, 9.17) is 31.0 Å². The van der Waals surface area contributed by atoms with Crippen LogP contribution in [0.1, 0.15) is 11.3 Å². The normalized spacial score (nSPS) is 17.0. The van der Waals surface area contributed by atoms with Crippen molar-refractivity contribution in [3.8, 4) is 17.4 Å². The molecule has 0 spiro atoms. The number of hydrogen-bond acceptors (Lipinski definition) is 8. The molecule has 9 nitrogen and oxygen atoms in total. The van der Waals surface area contributed by atoms with Gasteiger partial charge < -0.3 is 19.3 Å². The van der Waals surface area contributed by atoms with Crippen LogP contribution in [-0.2, 0) is 23.0 Å². The number of aromatic nitrogens is 2. The number of hydrogen-bond donors (Lipinski definition) is 0. The third-order valence-electron chi connectivity index (χ3n) is 6.49. The lowest BCUT2D eigenvalue weighted by Gasteiger charge is -2.34. The third-order valence-corrected chi connectivity index (χ3v) is 8.60. The van der Waals surface area contributed by atoms with Crippen LogP contribution in [0.15, 0.2) is 53.4 Å². The van der Waals surface area contributed by atoms with Crippen molar-refractivity contribution in [1.82, 2.24) is 19.2 Å². The maximum absolute atomic E-state index is 13.4. The molecule has 190 valence electrons. The van der Waals surface area contributed by atoms with E-state index in [1.54, 1.807) is 31.4 Å². The van der Waals surface area contributed by atoms with E-state index in [2.05, 4.69) is 16.8 Å². The van der Waals surface area contributed by atoms with E-state index >= 15 is 0 Å². The second kappa shape index (κ2) is 10.2. The van der Waals surface area contributed by atoms with Crippen LogP contribution in [0.25, 0.3) is 0 Å². The molecule has 2 aromatic carbocycles. The Bertz CT molecular complexity index is 1330. The summed E-state index contributed by atoms with van der Waals surface area (Å²) in [6, 6.07) is 13.4. The minimum Gasteiger partial charge on any atom is -0.497 e. The largest absolute Gasteiger partial charge is 0.497 e. The zero-order valence-corrected chi connectivity index (χ0v) is 21.8. The molecule has 0 atom stereocenters. The van der Waals surface area contributed by atoms with Gasteiger partial charge in [0.1, 0.15) is 11.5 Å². The number of fused-ring (bicyclic) bond motifs is 1. The summed E-state index contributed by atoms with van der Waals surface area (Å²) in [6.45, 7) is 3.90. The average Bonchev–Trinajstić information content (AvgIpc) is 2.89. The predicted molar refractivity (Wildman–Crippen MR) is 138 cm³/mol. The Kier molecular flexibility index (Phi) is 7.03. The Morgan fingerprint density at radius 3 is 2.22 bits per heavy atom. The number of piperazine rings is 1. The smallest absolute Gasteiger partial charge is 0.243 e. The Labute approximate surface area is 216 Å². The zero-order valence-electron chi connectivity index (χ0n) is 20.2. The summed E-state index contributed by atoms with van der Waals surface area (Å²) < 4.78 is 39.7. The van der Waals surface area contributed by atoms with Crippen molar-refractivity contribution in [3.63, 3.8) is 0 Å². The Morgan fingerprint density at radius 2 is 1.56 bits per heavy atom. The highest BCUT2D eigenvalue weighted by Gasteiger charge is 2.32. The van der Waals surface area contributed by atoms with Gasteiger partial charge in [-0.2, -0.15) is 9.29 Å². The molecule has 0 bridgehead atoms. The second-order valence-corrected chi connectivity index (χ2v) is 11.2. The van der Waals surface area contributed by atoms with Crippen LogP contribution in [0.3, 0.4) is 0 Å². The predicted octanol–water partition coefficient (Wildman–Crippen LogP) is 3.43. The number of likely N-dealkylation sites (N-methyl/N-ethyl adjacent to an activating group) is 1. The number of methoxy groups -OCH3 is 1. The van der Waals surface area contributed by atoms with Gasteiger partial charge in [0.15, 0.2) is 0 Å². The number of halogens is 1. The van der Waals surface area contributed by atoms with E-state index in [-0.39, 0.29) is 11.4 Å². The fourth-order valence-corrected chi connectivity index (χ4v) is 5.83. The van der Waals surface area contributed by atoms with Gasteiger partial charge in [-0.05, 0) is 55.6 Å². The first-order valence-electron chi connectivity index (χ1n) is 11.7. The van der Waals surface area contributed by atoms with E-state index < -0.39 is 10.0 Å². The zero-order chi connectivity index (χ0) is 25.3. The molecule has 1 aromatic heterocycles. The van der Waals surface area contributed by atoms with E-state index in [0.717, 1.165) is 31.9 Å². The van der Waals surface area contributed by atoms with Gasteiger partial charge in [-0.25, -0.2) is 13.4 Å². The highest BCUT2D eigenvalue weighted by molar-refractivity contribution is 7.89. The molecule has 0 amide bonds. The van der Waals surface area contributed by atoms with Gasteiger partial charge in [-0.1, -0.05) is 11.6 Å². The number of benzene rings is 2. The van der Waals surface area contributed by atoms with Gasteiger partial charge in [-0.15, -0.1) is 0 Å². The van der Waals surface area contributed by atoms with Crippen LogP contribution >= 0.6 is 11.6 Å². The van der Waals surface area contributed by atoms with Crippen LogP contribution in [0.5, 0.6) is 17.4 Å². The van der Waals surface area contributed by atoms with Crippen molar-refractivity contribution in [2.75, 3.05) is 51.8 Å². The monoisotopic (exact) mass is 529 g/mol.